The van der Waals surface area contributed by atoms with E-state index in [-0.39, 0.29) is 0 Å². The Kier molecular flexibility index (Phi) is 7.04. The van der Waals surface area contributed by atoms with Crippen LogP contribution in [0.5, 0.6) is 5.75 Å². The highest BCUT2D eigenvalue weighted by Crippen LogP contribution is 2.37. The van der Waals surface area contributed by atoms with Gasteiger partial charge in [0.25, 0.3) is 0 Å². The van der Waals surface area contributed by atoms with E-state index in [1.54, 1.807) is 0 Å². The maximum atomic E-state index is 5.49. The van der Waals surface area contributed by atoms with E-state index in [0.717, 1.165) is 23.1 Å². The minimum absolute atomic E-state index is 0.645. The number of unbranched alkanes of at least 4 members (excludes halogenated alkanes) is 2. The van der Waals surface area contributed by atoms with Crippen molar-refractivity contribution in [3.05, 3.63) is 42.2 Å². The molecule has 1 fully saturated rings. The number of ether oxygens (including phenoxy) is 1. The molecule has 2 aromatic rings. The minimum atomic E-state index is 0.645. The summed E-state index contributed by atoms with van der Waals surface area (Å²) in [6, 6.07) is 8.02. The van der Waals surface area contributed by atoms with E-state index in [2.05, 4.69) is 16.9 Å². The molecule has 1 aliphatic rings. The summed E-state index contributed by atoms with van der Waals surface area (Å²) >= 11 is 0. The molecule has 1 aromatic heterocycles. The first-order valence-corrected chi connectivity index (χ1v) is 10.3. The Bertz CT molecular complexity index is 643. The average molecular weight is 353 g/mol. The van der Waals surface area contributed by atoms with Crippen molar-refractivity contribution >= 4 is 0 Å². The molecule has 1 heterocycles. The van der Waals surface area contributed by atoms with Gasteiger partial charge in [-0.2, -0.15) is 0 Å². The number of aromatic nitrogens is 2. The fraction of sp³-hybridized carbons (Fsp3) is 0.565. The van der Waals surface area contributed by atoms with Crippen LogP contribution in [0.1, 0.15) is 76.7 Å². The van der Waals surface area contributed by atoms with E-state index >= 15 is 0 Å². The summed E-state index contributed by atoms with van der Waals surface area (Å²) < 4.78 is 5.49. The number of hydrogen-bond acceptors (Lipinski definition) is 3. The molecular weight excluding hydrogens is 320 g/mol. The van der Waals surface area contributed by atoms with Crippen LogP contribution < -0.4 is 4.74 Å². The van der Waals surface area contributed by atoms with E-state index in [9.17, 15) is 0 Å². The van der Waals surface area contributed by atoms with Gasteiger partial charge in [-0.3, -0.25) is 0 Å². The van der Waals surface area contributed by atoms with Crippen molar-refractivity contribution in [3.8, 4) is 17.1 Å². The Morgan fingerprint density at radius 3 is 2.23 bits per heavy atom. The predicted molar refractivity (Wildman–Crippen MR) is 107 cm³/mol. The third kappa shape index (κ3) is 5.06. The van der Waals surface area contributed by atoms with Crippen molar-refractivity contribution in [3.63, 3.8) is 0 Å². The Labute approximate surface area is 158 Å². The highest BCUT2D eigenvalue weighted by Gasteiger charge is 2.22. The minimum Gasteiger partial charge on any atom is -0.494 e. The summed E-state index contributed by atoms with van der Waals surface area (Å²) in [5.74, 6) is 3.28. The quantitative estimate of drug-likeness (QED) is 0.516. The van der Waals surface area contributed by atoms with Crippen molar-refractivity contribution in [2.45, 2.75) is 71.1 Å². The second kappa shape index (κ2) is 9.70. The molecule has 0 atom stereocenters. The second-order valence-electron chi connectivity index (χ2n) is 7.51. The fourth-order valence-corrected chi connectivity index (χ4v) is 4.03. The molecule has 1 aromatic carbocycles. The van der Waals surface area contributed by atoms with Gasteiger partial charge in [-0.05, 0) is 74.3 Å². The van der Waals surface area contributed by atoms with Gasteiger partial charge in [0, 0.05) is 18.0 Å². The van der Waals surface area contributed by atoms with Crippen molar-refractivity contribution < 1.29 is 4.74 Å². The third-order valence-electron chi connectivity index (χ3n) is 5.63. The van der Waals surface area contributed by atoms with Crippen molar-refractivity contribution in [2.75, 3.05) is 6.61 Å². The second-order valence-corrected chi connectivity index (χ2v) is 7.51. The molecule has 0 bridgehead atoms. The summed E-state index contributed by atoms with van der Waals surface area (Å²) in [6.45, 7) is 4.97. The van der Waals surface area contributed by atoms with E-state index in [1.165, 1.54) is 56.9 Å². The topological polar surface area (TPSA) is 35.0 Å². The van der Waals surface area contributed by atoms with Crippen LogP contribution in [0, 0.1) is 5.92 Å². The fourth-order valence-electron chi connectivity index (χ4n) is 4.03. The van der Waals surface area contributed by atoms with Gasteiger partial charge in [-0.25, -0.2) is 9.97 Å². The van der Waals surface area contributed by atoms with Crippen LogP contribution in [0.2, 0.25) is 0 Å². The lowest BCUT2D eigenvalue weighted by Crippen LogP contribution is -2.14. The average Bonchev–Trinajstić information content (AvgIpc) is 2.70. The van der Waals surface area contributed by atoms with Crippen molar-refractivity contribution in [1.82, 2.24) is 9.97 Å². The third-order valence-corrected chi connectivity index (χ3v) is 5.63. The van der Waals surface area contributed by atoms with Crippen LogP contribution in [0.25, 0.3) is 11.4 Å². The van der Waals surface area contributed by atoms with Crippen LogP contribution in [-0.4, -0.2) is 16.6 Å². The lowest BCUT2D eigenvalue weighted by molar-refractivity contribution is 0.302. The molecule has 3 nitrogen and oxygen atoms in total. The van der Waals surface area contributed by atoms with Crippen LogP contribution in [0.15, 0.2) is 36.7 Å². The van der Waals surface area contributed by atoms with Crippen LogP contribution in [-0.2, 0) is 0 Å². The zero-order chi connectivity index (χ0) is 18.2. The summed E-state index contributed by atoms with van der Waals surface area (Å²) in [6.07, 6.45) is 15.0. The number of benzene rings is 1. The molecular formula is C23H32N2O. The van der Waals surface area contributed by atoms with Crippen molar-refractivity contribution in [1.29, 1.82) is 0 Å². The molecule has 3 heteroatoms. The van der Waals surface area contributed by atoms with Crippen molar-refractivity contribution in [2.24, 2.45) is 5.92 Å². The van der Waals surface area contributed by atoms with E-state index in [4.69, 9.17) is 4.74 Å². The zero-order valence-electron chi connectivity index (χ0n) is 16.3. The number of rotatable bonds is 8. The smallest absolute Gasteiger partial charge is 0.159 e. The molecule has 26 heavy (non-hydrogen) atoms. The van der Waals surface area contributed by atoms with Gasteiger partial charge in [0.1, 0.15) is 5.75 Å². The number of nitrogens with zero attached hydrogens (tertiary/aromatic N) is 2. The predicted octanol–water partition coefficient (Wildman–Crippen LogP) is 6.40. The maximum Gasteiger partial charge on any atom is 0.159 e. The highest BCUT2D eigenvalue weighted by atomic mass is 16.5. The van der Waals surface area contributed by atoms with Gasteiger partial charge in [-0.1, -0.05) is 32.6 Å². The van der Waals surface area contributed by atoms with Gasteiger partial charge in [-0.15, -0.1) is 0 Å². The SMILES string of the molecule is CCCCC[C@H]1CC[C@H](c2cnc(-c3ccc(OCC)cc3)nc2)CC1. The molecule has 0 radical (unpaired) electrons. The normalized spacial score (nSPS) is 20.1. The van der Waals surface area contributed by atoms with Gasteiger partial charge in [0.05, 0.1) is 6.61 Å². The Balaban J connectivity index is 1.55. The first kappa shape index (κ1) is 18.9. The molecule has 3 rings (SSSR count). The molecule has 140 valence electrons. The van der Waals surface area contributed by atoms with Gasteiger partial charge < -0.3 is 4.74 Å². The molecule has 1 aliphatic carbocycles. The summed E-state index contributed by atoms with van der Waals surface area (Å²) in [5, 5.41) is 0. The molecule has 1 saturated carbocycles. The maximum absolute atomic E-state index is 5.49. The first-order valence-electron chi connectivity index (χ1n) is 10.3. The largest absolute Gasteiger partial charge is 0.494 e. The van der Waals surface area contributed by atoms with Gasteiger partial charge in [0.2, 0.25) is 0 Å². The first-order chi connectivity index (χ1) is 12.8. The number of hydrogen-bond donors (Lipinski definition) is 0. The molecule has 0 unspecified atom stereocenters. The Hall–Kier alpha value is -1.90. The Morgan fingerprint density at radius 2 is 1.62 bits per heavy atom. The van der Waals surface area contributed by atoms with E-state index < -0.39 is 0 Å². The van der Waals surface area contributed by atoms with Crippen LogP contribution >= 0.6 is 0 Å². The monoisotopic (exact) mass is 352 g/mol. The van der Waals surface area contributed by atoms with E-state index in [1.807, 2.05) is 43.6 Å². The summed E-state index contributed by atoms with van der Waals surface area (Å²) in [4.78, 5) is 9.26. The lowest BCUT2D eigenvalue weighted by Gasteiger charge is -2.28. The van der Waals surface area contributed by atoms with E-state index in [0.29, 0.717) is 12.5 Å². The lowest BCUT2D eigenvalue weighted by atomic mass is 9.77. The molecule has 0 spiro atoms. The van der Waals surface area contributed by atoms with Gasteiger partial charge >= 0.3 is 0 Å². The zero-order valence-corrected chi connectivity index (χ0v) is 16.3. The highest BCUT2D eigenvalue weighted by molar-refractivity contribution is 5.56. The molecule has 0 amide bonds. The van der Waals surface area contributed by atoms with Crippen LogP contribution in [0.3, 0.4) is 0 Å². The standard InChI is InChI=1S/C23H32N2O/c1-3-5-6-7-18-8-10-19(11-9-18)21-16-24-23(25-17-21)20-12-14-22(15-13-20)26-4-2/h12-19H,3-11H2,1-2H3/t18-,19-. The molecule has 0 N–H and O–H groups in total. The Morgan fingerprint density at radius 1 is 0.923 bits per heavy atom. The molecule has 0 aliphatic heterocycles. The molecule has 0 saturated heterocycles. The summed E-state index contributed by atoms with van der Waals surface area (Å²) in [5.41, 5.74) is 2.35. The van der Waals surface area contributed by atoms with Gasteiger partial charge in [0.15, 0.2) is 5.82 Å². The van der Waals surface area contributed by atoms with Crippen LogP contribution in [0.4, 0.5) is 0 Å². The summed E-state index contributed by atoms with van der Waals surface area (Å²) in [7, 11) is 0.